The van der Waals surface area contributed by atoms with Gasteiger partial charge in [-0.25, -0.2) is 0 Å². The second-order valence-corrected chi connectivity index (χ2v) is 5.23. The second-order valence-electron chi connectivity index (χ2n) is 5.23. The Bertz CT molecular complexity index is 846. The summed E-state index contributed by atoms with van der Waals surface area (Å²) in [6, 6.07) is 22.0. The van der Waals surface area contributed by atoms with Gasteiger partial charge in [0, 0.05) is 6.08 Å². The summed E-state index contributed by atoms with van der Waals surface area (Å²) in [4.78, 5) is 10.7. The lowest BCUT2D eigenvalue weighted by molar-refractivity contribution is -0.113. The van der Waals surface area contributed by atoms with E-state index in [1.165, 1.54) is 16.8 Å². The smallest absolute Gasteiger partial charge is 0.241 e. The number of carbonyl (C=O) groups is 1. The molecule has 0 aromatic heterocycles. The highest BCUT2D eigenvalue weighted by Crippen LogP contribution is 2.21. The molecule has 0 saturated carbocycles. The molecule has 23 heavy (non-hydrogen) atoms. The summed E-state index contributed by atoms with van der Waals surface area (Å²) >= 11 is 0. The monoisotopic (exact) mass is 303 g/mol. The molecular formula is C20H17NO2. The SMILES string of the molecule is NC(=O)/C=C/c1ccc(OCc2cccc3ccccc23)cc1. The number of nitrogens with two attached hydrogens (primary N) is 1. The molecule has 114 valence electrons. The van der Waals surface area contributed by atoms with Gasteiger partial charge in [0.15, 0.2) is 0 Å². The predicted octanol–water partition coefficient (Wildman–Crippen LogP) is 3.92. The molecule has 3 rings (SSSR count). The van der Waals surface area contributed by atoms with Crippen LogP contribution in [0.15, 0.2) is 72.8 Å². The molecule has 0 radical (unpaired) electrons. The van der Waals surface area contributed by atoms with Gasteiger partial charge in [0.25, 0.3) is 0 Å². The fourth-order valence-corrected chi connectivity index (χ4v) is 2.43. The van der Waals surface area contributed by atoms with Crippen molar-refractivity contribution in [3.8, 4) is 5.75 Å². The molecule has 3 heteroatoms. The van der Waals surface area contributed by atoms with Crippen LogP contribution in [0.25, 0.3) is 16.8 Å². The molecule has 1 amide bonds. The standard InChI is InChI=1S/C20H17NO2/c21-20(22)13-10-15-8-11-18(12-9-15)23-14-17-6-3-5-16-4-1-2-7-19(16)17/h1-13H,14H2,(H2,21,22)/b13-10+. The number of rotatable bonds is 5. The van der Waals surface area contributed by atoms with Crippen molar-refractivity contribution in [2.45, 2.75) is 6.61 Å². The second kappa shape index (κ2) is 6.79. The molecule has 0 atom stereocenters. The van der Waals surface area contributed by atoms with Crippen LogP contribution in [-0.2, 0) is 11.4 Å². The molecule has 2 N–H and O–H groups in total. The van der Waals surface area contributed by atoms with Crippen LogP contribution in [0.3, 0.4) is 0 Å². The van der Waals surface area contributed by atoms with Crippen molar-refractivity contribution in [2.24, 2.45) is 5.73 Å². The van der Waals surface area contributed by atoms with E-state index in [1.54, 1.807) is 6.08 Å². The van der Waals surface area contributed by atoms with Crippen LogP contribution in [0.2, 0.25) is 0 Å². The Hall–Kier alpha value is -3.07. The minimum Gasteiger partial charge on any atom is -0.489 e. The van der Waals surface area contributed by atoms with Gasteiger partial charge in [-0.1, -0.05) is 54.6 Å². The number of amides is 1. The Kier molecular flexibility index (Phi) is 4.39. The summed E-state index contributed by atoms with van der Waals surface area (Å²) in [5.74, 6) is 0.329. The van der Waals surface area contributed by atoms with E-state index in [0.717, 1.165) is 16.9 Å². The third-order valence-electron chi connectivity index (χ3n) is 3.59. The first-order valence-corrected chi connectivity index (χ1v) is 7.39. The van der Waals surface area contributed by atoms with Crippen LogP contribution in [0.1, 0.15) is 11.1 Å². The maximum atomic E-state index is 10.7. The number of carbonyl (C=O) groups excluding carboxylic acids is 1. The van der Waals surface area contributed by atoms with Crippen molar-refractivity contribution in [3.05, 3.63) is 83.9 Å². The molecule has 0 aliphatic rings. The van der Waals surface area contributed by atoms with Crippen molar-refractivity contribution in [1.29, 1.82) is 0 Å². The van der Waals surface area contributed by atoms with E-state index in [0.29, 0.717) is 6.61 Å². The van der Waals surface area contributed by atoms with E-state index in [4.69, 9.17) is 10.5 Å². The lowest BCUT2D eigenvalue weighted by atomic mass is 10.1. The fraction of sp³-hybridized carbons (Fsp3) is 0.0500. The molecule has 0 unspecified atom stereocenters. The Morgan fingerprint density at radius 2 is 1.70 bits per heavy atom. The van der Waals surface area contributed by atoms with Gasteiger partial charge in [0.05, 0.1) is 0 Å². The van der Waals surface area contributed by atoms with Crippen molar-refractivity contribution >= 4 is 22.8 Å². The van der Waals surface area contributed by atoms with E-state index >= 15 is 0 Å². The largest absolute Gasteiger partial charge is 0.489 e. The quantitative estimate of drug-likeness (QED) is 0.726. The molecular weight excluding hydrogens is 286 g/mol. The van der Waals surface area contributed by atoms with E-state index in [1.807, 2.05) is 42.5 Å². The zero-order valence-corrected chi connectivity index (χ0v) is 12.6. The normalized spacial score (nSPS) is 11.0. The molecule has 0 bridgehead atoms. The van der Waals surface area contributed by atoms with E-state index in [9.17, 15) is 4.79 Å². The summed E-state index contributed by atoms with van der Waals surface area (Å²) < 4.78 is 5.87. The summed E-state index contributed by atoms with van der Waals surface area (Å²) in [6.45, 7) is 0.512. The minimum absolute atomic E-state index is 0.457. The van der Waals surface area contributed by atoms with Gasteiger partial charge in [-0.05, 0) is 40.1 Å². The first-order chi connectivity index (χ1) is 11.2. The Balaban J connectivity index is 1.71. The summed E-state index contributed by atoms with van der Waals surface area (Å²) in [5, 5.41) is 2.41. The third kappa shape index (κ3) is 3.77. The molecule has 3 nitrogen and oxygen atoms in total. The van der Waals surface area contributed by atoms with Gasteiger partial charge >= 0.3 is 0 Å². The number of hydrogen-bond acceptors (Lipinski definition) is 2. The molecule has 0 saturated heterocycles. The van der Waals surface area contributed by atoms with Crippen LogP contribution >= 0.6 is 0 Å². The fourth-order valence-electron chi connectivity index (χ4n) is 2.43. The first-order valence-electron chi connectivity index (χ1n) is 7.39. The number of ether oxygens (including phenoxy) is 1. The average molecular weight is 303 g/mol. The maximum absolute atomic E-state index is 10.7. The van der Waals surface area contributed by atoms with Gasteiger partial charge < -0.3 is 10.5 Å². The van der Waals surface area contributed by atoms with Gasteiger partial charge in [0.2, 0.25) is 5.91 Å². The number of primary amides is 1. The molecule has 0 spiro atoms. The molecule has 0 aliphatic carbocycles. The first kappa shape index (κ1) is 14.9. The Labute approximate surface area is 135 Å². The highest BCUT2D eigenvalue weighted by atomic mass is 16.5. The summed E-state index contributed by atoms with van der Waals surface area (Å²) in [6.07, 6.45) is 3.02. The van der Waals surface area contributed by atoms with Gasteiger partial charge in [0.1, 0.15) is 12.4 Å². The van der Waals surface area contributed by atoms with E-state index < -0.39 is 5.91 Å². The Morgan fingerprint density at radius 1 is 0.957 bits per heavy atom. The molecule has 3 aromatic rings. The highest BCUT2D eigenvalue weighted by molar-refractivity contribution is 5.90. The Morgan fingerprint density at radius 3 is 2.48 bits per heavy atom. The van der Waals surface area contributed by atoms with Gasteiger partial charge in [-0.3, -0.25) is 4.79 Å². The molecule has 0 fully saturated rings. The zero-order chi connectivity index (χ0) is 16.1. The number of benzene rings is 3. The zero-order valence-electron chi connectivity index (χ0n) is 12.6. The molecule has 0 heterocycles. The summed E-state index contributed by atoms with van der Waals surface area (Å²) in [7, 11) is 0. The number of hydrogen-bond donors (Lipinski definition) is 1. The van der Waals surface area contributed by atoms with Gasteiger partial charge in [-0.15, -0.1) is 0 Å². The minimum atomic E-state index is -0.457. The van der Waals surface area contributed by atoms with Crippen molar-refractivity contribution in [3.63, 3.8) is 0 Å². The lowest BCUT2D eigenvalue weighted by Gasteiger charge is -2.09. The average Bonchev–Trinajstić information content (AvgIpc) is 2.59. The van der Waals surface area contributed by atoms with Crippen LogP contribution in [0.5, 0.6) is 5.75 Å². The van der Waals surface area contributed by atoms with Crippen LogP contribution in [0, 0.1) is 0 Å². The van der Waals surface area contributed by atoms with Crippen LogP contribution in [0.4, 0.5) is 0 Å². The predicted molar refractivity (Wildman–Crippen MR) is 93.0 cm³/mol. The number of fused-ring (bicyclic) bond motifs is 1. The third-order valence-corrected chi connectivity index (χ3v) is 3.59. The highest BCUT2D eigenvalue weighted by Gasteiger charge is 2.01. The maximum Gasteiger partial charge on any atom is 0.241 e. The van der Waals surface area contributed by atoms with Crippen molar-refractivity contribution < 1.29 is 9.53 Å². The topological polar surface area (TPSA) is 52.3 Å². The van der Waals surface area contributed by atoms with Crippen molar-refractivity contribution in [2.75, 3.05) is 0 Å². The molecule has 3 aromatic carbocycles. The summed E-state index contributed by atoms with van der Waals surface area (Å²) in [5.41, 5.74) is 7.13. The van der Waals surface area contributed by atoms with Crippen LogP contribution in [-0.4, -0.2) is 5.91 Å². The van der Waals surface area contributed by atoms with Crippen LogP contribution < -0.4 is 10.5 Å². The van der Waals surface area contributed by atoms with E-state index in [2.05, 4.69) is 24.3 Å². The van der Waals surface area contributed by atoms with Gasteiger partial charge in [-0.2, -0.15) is 0 Å². The van der Waals surface area contributed by atoms with Crippen molar-refractivity contribution in [1.82, 2.24) is 0 Å². The van der Waals surface area contributed by atoms with E-state index in [-0.39, 0.29) is 0 Å². The molecule has 0 aliphatic heterocycles. The lowest BCUT2D eigenvalue weighted by Crippen LogP contribution is -2.05.